The van der Waals surface area contributed by atoms with E-state index in [4.69, 9.17) is 21.7 Å². The van der Waals surface area contributed by atoms with Crippen molar-refractivity contribution < 1.29 is 14.3 Å². The van der Waals surface area contributed by atoms with Crippen molar-refractivity contribution in [3.05, 3.63) is 87.9 Å². The van der Waals surface area contributed by atoms with Gasteiger partial charge in [-0.25, -0.2) is 0 Å². The predicted molar refractivity (Wildman–Crippen MR) is 140 cm³/mol. The maximum atomic E-state index is 13.5. The van der Waals surface area contributed by atoms with Crippen LogP contribution in [0.25, 0.3) is 16.6 Å². The van der Waals surface area contributed by atoms with E-state index in [0.717, 1.165) is 5.75 Å². The number of benzene rings is 3. The summed E-state index contributed by atoms with van der Waals surface area (Å²) < 4.78 is 14.6. The third-order valence-corrected chi connectivity index (χ3v) is 5.98. The Kier molecular flexibility index (Phi) is 7.31. The van der Waals surface area contributed by atoms with Crippen molar-refractivity contribution in [2.24, 2.45) is 0 Å². The van der Waals surface area contributed by atoms with Gasteiger partial charge in [0.1, 0.15) is 18.2 Å². The predicted octanol–water partition coefficient (Wildman–Crippen LogP) is 5.33. The first-order valence-electron chi connectivity index (χ1n) is 11.4. The van der Waals surface area contributed by atoms with Crippen molar-refractivity contribution in [1.82, 2.24) is 9.13 Å². The topological polar surface area (TPSA) is 65.7 Å². The molecule has 4 aromatic rings. The molecule has 0 saturated carbocycles. The molecule has 0 aliphatic carbocycles. The molecule has 180 valence electrons. The SMILES string of the molecule is CCOc1ccc(N(Cn2c(=S)n(-c3ccc(OCC)cc3)c(=O)c3ccccc32)C(C)=O)cc1. The molecular weight excluding hydrogens is 462 g/mol. The van der Waals surface area contributed by atoms with E-state index in [1.165, 1.54) is 11.5 Å². The molecule has 0 bridgehead atoms. The van der Waals surface area contributed by atoms with E-state index in [1.807, 2.05) is 56.3 Å². The minimum Gasteiger partial charge on any atom is -0.494 e. The van der Waals surface area contributed by atoms with E-state index in [0.29, 0.717) is 41.2 Å². The fraction of sp³-hybridized carbons (Fsp3) is 0.222. The minimum atomic E-state index is -0.221. The van der Waals surface area contributed by atoms with Crippen LogP contribution in [0.15, 0.2) is 77.6 Å². The largest absolute Gasteiger partial charge is 0.494 e. The third kappa shape index (κ3) is 4.97. The van der Waals surface area contributed by atoms with Gasteiger partial charge in [-0.3, -0.25) is 23.6 Å². The van der Waals surface area contributed by atoms with Crippen LogP contribution in [0.2, 0.25) is 0 Å². The summed E-state index contributed by atoms with van der Waals surface area (Å²) in [4.78, 5) is 27.8. The Labute approximate surface area is 208 Å². The molecule has 0 N–H and O–H groups in total. The van der Waals surface area contributed by atoms with Crippen LogP contribution < -0.4 is 19.9 Å². The molecule has 0 radical (unpaired) electrons. The van der Waals surface area contributed by atoms with Crippen LogP contribution in [-0.4, -0.2) is 28.3 Å². The highest BCUT2D eigenvalue weighted by Crippen LogP contribution is 2.23. The van der Waals surface area contributed by atoms with E-state index < -0.39 is 0 Å². The van der Waals surface area contributed by atoms with Gasteiger partial charge in [0, 0.05) is 12.6 Å². The Bertz CT molecular complexity index is 1460. The van der Waals surface area contributed by atoms with Crippen LogP contribution in [0.1, 0.15) is 20.8 Å². The van der Waals surface area contributed by atoms with Gasteiger partial charge in [-0.15, -0.1) is 0 Å². The molecule has 1 amide bonds. The molecule has 7 nitrogen and oxygen atoms in total. The molecule has 4 rings (SSSR count). The number of hydrogen-bond acceptors (Lipinski definition) is 5. The number of carbonyl (C=O) groups is 1. The molecule has 0 aliphatic rings. The molecule has 0 spiro atoms. The van der Waals surface area contributed by atoms with Gasteiger partial charge >= 0.3 is 0 Å². The Balaban J connectivity index is 1.85. The van der Waals surface area contributed by atoms with Crippen molar-refractivity contribution in [1.29, 1.82) is 0 Å². The fourth-order valence-corrected chi connectivity index (χ4v) is 4.28. The van der Waals surface area contributed by atoms with Crippen molar-refractivity contribution in [2.45, 2.75) is 27.4 Å². The standard InChI is InChI=1S/C27H27N3O4S/c1-4-33-22-14-10-20(11-15-22)28(19(3)31)18-29-25-9-7-6-8-24(25)26(32)30(27(29)35)21-12-16-23(17-13-21)34-5-2/h6-17H,4-5,18H2,1-3H3. The van der Waals surface area contributed by atoms with E-state index in [9.17, 15) is 9.59 Å². The summed E-state index contributed by atoms with van der Waals surface area (Å²) in [7, 11) is 0. The fourth-order valence-electron chi connectivity index (χ4n) is 3.94. The molecule has 0 fully saturated rings. The maximum Gasteiger partial charge on any atom is 0.266 e. The molecule has 8 heteroatoms. The van der Waals surface area contributed by atoms with Gasteiger partial charge in [0.2, 0.25) is 5.91 Å². The van der Waals surface area contributed by atoms with Crippen LogP contribution in [0.4, 0.5) is 5.69 Å². The summed E-state index contributed by atoms with van der Waals surface area (Å²) >= 11 is 5.82. The van der Waals surface area contributed by atoms with Crippen LogP contribution in [0.3, 0.4) is 0 Å². The first kappa shape index (κ1) is 24.2. The normalized spacial score (nSPS) is 10.8. The zero-order valence-corrected chi connectivity index (χ0v) is 20.7. The average molecular weight is 490 g/mol. The van der Waals surface area contributed by atoms with Crippen LogP contribution in [-0.2, 0) is 11.5 Å². The molecular formula is C27H27N3O4S. The van der Waals surface area contributed by atoms with E-state index >= 15 is 0 Å². The van der Waals surface area contributed by atoms with Crippen LogP contribution in [0, 0.1) is 4.77 Å². The molecule has 0 aliphatic heterocycles. The van der Waals surface area contributed by atoms with Gasteiger partial charge in [0.05, 0.1) is 29.8 Å². The highest BCUT2D eigenvalue weighted by atomic mass is 32.1. The van der Waals surface area contributed by atoms with E-state index in [-0.39, 0.29) is 22.9 Å². The van der Waals surface area contributed by atoms with E-state index in [1.54, 1.807) is 39.8 Å². The highest BCUT2D eigenvalue weighted by molar-refractivity contribution is 7.71. The number of aromatic nitrogens is 2. The molecule has 0 unspecified atom stereocenters. The number of para-hydroxylation sites is 1. The second kappa shape index (κ2) is 10.6. The quantitative estimate of drug-likeness (QED) is 0.313. The van der Waals surface area contributed by atoms with Crippen LogP contribution in [0.5, 0.6) is 11.5 Å². The minimum absolute atomic E-state index is 0.139. The molecule has 35 heavy (non-hydrogen) atoms. The second-order valence-corrected chi connectivity index (χ2v) is 8.18. The lowest BCUT2D eigenvalue weighted by Gasteiger charge is -2.25. The Hall–Kier alpha value is -3.91. The zero-order chi connectivity index (χ0) is 24.9. The summed E-state index contributed by atoms with van der Waals surface area (Å²) in [6, 6.07) is 21.8. The van der Waals surface area contributed by atoms with Crippen molar-refractivity contribution >= 4 is 34.7 Å². The summed E-state index contributed by atoms with van der Waals surface area (Å²) in [6.45, 7) is 6.59. The summed E-state index contributed by atoms with van der Waals surface area (Å²) in [5, 5.41) is 0.505. The second-order valence-electron chi connectivity index (χ2n) is 7.81. The zero-order valence-electron chi connectivity index (χ0n) is 19.9. The van der Waals surface area contributed by atoms with Crippen molar-refractivity contribution in [3.8, 4) is 17.2 Å². The van der Waals surface area contributed by atoms with Gasteiger partial charge in [-0.05, 0) is 86.7 Å². The molecule has 1 heterocycles. The molecule has 0 saturated heterocycles. The van der Waals surface area contributed by atoms with Crippen molar-refractivity contribution in [3.63, 3.8) is 0 Å². The number of rotatable bonds is 8. The number of carbonyl (C=O) groups excluding carboxylic acids is 1. The van der Waals surface area contributed by atoms with Crippen molar-refractivity contribution in [2.75, 3.05) is 18.1 Å². The smallest absolute Gasteiger partial charge is 0.266 e. The Morgan fingerprint density at radius 2 is 1.46 bits per heavy atom. The number of ether oxygens (including phenoxy) is 2. The average Bonchev–Trinajstić information content (AvgIpc) is 2.86. The lowest BCUT2D eigenvalue weighted by Crippen LogP contribution is -2.34. The van der Waals surface area contributed by atoms with Crippen LogP contribution >= 0.6 is 12.2 Å². The summed E-state index contributed by atoms with van der Waals surface area (Å²) in [6.07, 6.45) is 0. The maximum absolute atomic E-state index is 13.5. The first-order chi connectivity index (χ1) is 16.9. The molecule has 0 atom stereocenters. The number of fused-ring (bicyclic) bond motifs is 1. The van der Waals surface area contributed by atoms with Gasteiger partial charge in [-0.2, -0.15) is 0 Å². The number of amides is 1. The van der Waals surface area contributed by atoms with Gasteiger partial charge in [-0.1, -0.05) is 12.1 Å². The van der Waals surface area contributed by atoms with E-state index in [2.05, 4.69) is 0 Å². The number of anilines is 1. The Morgan fingerprint density at radius 1 is 0.886 bits per heavy atom. The summed E-state index contributed by atoms with van der Waals surface area (Å²) in [5.41, 5.74) is 1.76. The lowest BCUT2D eigenvalue weighted by atomic mass is 10.2. The first-order valence-corrected chi connectivity index (χ1v) is 11.8. The number of nitrogens with zero attached hydrogens (tertiary/aromatic N) is 3. The lowest BCUT2D eigenvalue weighted by molar-refractivity contribution is -0.116. The Morgan fingerprint density at radius 3 is 2.03 bits per heavy atom. The number of hydrogen-bond donors (Lipinski definition) is 0. The molecule has 3 aromatic carbocycles. The third-order valence-electron chi connectivity index (χ3n) is 5.58. The monoisotopic (exact) mass is 489 g/mol. The summed E-state index contributed by atoms with van der Waals surface area (Å²) in [5.74, 6) is 1.28. The van der Waals surface area contributed by atoms with Gasteiger partial charge in [0.25, 0.3) is 5.56 Å². The van der Waals surface area contributed by atoms with Gasteiger partial charge < -0.3 is 9.47 Å². The molecule has 1 aromatic heterocycles. The van der Waals surface area contributed by atoms with Gasteiger partial charge in [0.15, 0.2) is 4.77 Å². The highest BCUT2D eigenvalue weighted by Gasteiger charge is 2.17.